The number of benzene rings is 1. The van der Waals surface area contributed by atoms with Crippen LogP contribution in [0.15, 0.2) is 23.1 Å². The molecule has 17 heavy (non-hydrogen) atoms. The average molecular weight is 354 g/mol. The van der Waals surface area contributed by atoms with Crippen molar-refractivity contribution in [2.24, 2.45) is 0 Å². The summed E-state index contributed by atoms with van der Waals surface area (Å²) in [5.41, 5.74) is 1.87. The van der Waals surface area contributed by atoms with Gasteiger partial charge in [0, 0.05) is 0 Å². The Morgan fingerprint density at radius 1 is 1.06 bits per heavy atom. The van der Waals surface area contributed by atoms with Crippen LogP contribution in [0.3, 0.4) is 0 Å². The van der Waals surface area contributed by atoms with Gasteiger partial charge in [0.15, 0.2) is 0 Å². The van der Waals surface area contributed by atoms with Crippen molar-refractivity contribution in [3.05, 3.63) is 33.1 Å². The standard InChI is InChI=1S/C15H16Se2/c1-9-11-7-10-5-6-16-12(10)8-13(11)17-14(9)15(2,3)4/h5-8H,1-4H3. The fourth-order valence-electron chi connectivity index (χ4n) is 2.39. The molecule has 3 rings (SSSR count). The zero-order valence-corrected chi connectivity index (χ0v) is 14.1. The number of hydrogen-bond acceptors (Lipinski definition) is 0. The average Bonchev–Trinajstić information content (AvgIpc) is 2.79. The molecule has 0 saturated heterocycles. The van der Waals surface area contributed by atoms with Crippen LogP contribution in [0.4, 0.5) is 0 Å². The number of rotatable bonds is 0. The second-order valence-electron chi connectivity index (χ2n) is 5.61. The second-order valence-corrected chi connectivity index (χ2v) is 9.81. The van der Waals surface area contributed by atoms with Crippen molar-refractivity contribution in [1.82, 2.24) is 0 Å². The van der Waals surface area contributed by atoms with Gasteiger partial charge in [-0.05, 0) is 0 Å². The molecule has 0 spiro atoms. The summed E-state index contributed by atoms with van der Waals surface area (Å²) in [6, 6.07) is 7.20. The summed E-state index contributed by atoms with van der Waals surface area (Å²) in [4.78, 5) is 2.34. The van der Waals surface area contributed by atoms with Crippen LogP contribution in [0.25, 0.3) is 19.3 Å². The van der Waals surface area contributed by atoms with Crippen LogP contribution >= 0.6 is 0 Å². The van der Waals surface area contributed by atoms with Gasteiger partial charge >= 0.3 is 115 Å². The minimum atomic E-state index is 0.328. The van der Waals surface area contributed by atoms with Crippen molar-refractivity contribution in [2.45, 2.75) is 33.1 Å². The van der Waals surface area contributed by atoms with Crippen molar-refractivity contribution >= 4 is 48.3 Å². The van der Waals surface area contributed by atoms with E-state index >= 15 is 0 Å². The van der Waals surface area contributed by atoms with Gasteiger partial charge in [0.25, 0.3) is 0 Å². The zero-order valence-electron chi connectivity index (χ0n) is 10.6. The normalized spacial score (nSPS) is 12.7. The predicted octanol–water partition coefficient (Wildman–Crippen LogP) is 3.71. The summed E-state index contributed by atoms with van der Waals surface area (Å²) >= 11 is 1.13. The number of hydrogen-bond donors (Lipinski definition) is 0. The molecular weight excluding hydrogens is 338 g/mol. The first-order valence-electron chi connectivity index (χ1n) is 5.87. The van der Waals surface area contributed by atoms with Gasteiger partial charge in [-0.3, -0.25) is 0 Å². The summed E-state index contributed by atoms with van der Waals surface area (Å²) in [6.07, 6.45) is 0. The van der Waals surface area contributed by atoms with Gasteiger partial charge in [-0.2, -0.15) is 0 Å². The Bertz CT molecular complexity index is 693. The monoisotopic (exact) mass is 356 g/mol. The Labute approximate surface area is 114 Å². The van der Waals surface area contributed by atoms with Crippen LogP contribution in [-0.4, -0.2) is 29.0 Å². The van der Waals surface area contributed by atoms with Crippen LogP contribution in [0.2, 0.25) is 0 Å². The SMILES string of the molecule is Cc1c(C(C)(C)C)[se]c2cc3[se]ccc3cc12. The van der Waals surface area contributed by atoms with Crippen molar-refractivity contribution in [3.8, 4) is 0 Å². The van der Waals surface area contributed by atoms with E-state index in [1.54, 1.807) is 18.5 Å². The Morgan fingerprint density at radius 3 is 2.53 bits per heavy atom. The molecule has 0 unspecified atom stereocenters. The first-order chi connectivity index (χ1) is 7.97. The topological polar surface area (TPSA) is 0 Å². The molecule has 0 nitrogen and oxygen atoms in total. The summed E-state index contributed by atoms with van der Waals surface area (Å²) in [5.74, 6) is 0. The summed E-state index contributed by atoms with van der Waals surface area (Å²) in [6.45, 7) is 9.34. The third-order valence-electron chi connectivity index (χ3n) is 3.19. The molecule has 0 aliphatic carbocycles. The van der Waals surface area contributed by atoms with Crippen LogP contribution < -0.4 is 0 Å². The molecule has 0 radical (unpaired) electrons. The number of fused-ring (bicyclic) bond motifs is 2. The van der Waals surface area contributed by atoms with Crippen molar-refractivity contribution < 1.29 is 0 Å². The van der Waals surface area contributed by atoms with E-state index < -0.39 is 0 Å². The van der Waals surface area contributed by atoms with Gasteiger partial charge < -0.3 is 0 Å². The molecule has 88 valence electrons. The molecule has 3 aromatic rings. The van der Waals surface area contributed by atoms with Crippen molar-refractivity contribution in [1.29, 1.82) is 0 Å². The quantitative estimate of drug-likeness (QED) is 0.540. The molecule has 0 N–H and O–H groups in total. The molecule has 2 aromatic heterocycles. The Morgan fingerprint density at radius 2 is 1.82 bits per heavy atom. The molecule has 0 bridgehead atoms. The van der Waals surface area contributed by atoms with E-state index in [0.717, 1.165) is 0 Å². The van der Waals surface area contributed by atoms with Gasteiger partial charge in [-0.1, -0.05) is 0 Å². The van der Waals surface area contributed by atoms with Gasteiger partial charge in [-0.25, -0.2) is 0 Å². The Balaban J connectivity index is 2.39. The summed E-state index contributed by atoms with van der Waals surface area (Å²) in [7, 11) is 0. The third-order valence-corrected chi connectivity index (χ3v) is 8.56. The van der Waals surface area contributed by atoms with E-state index in [9.17, 15) is 0 Å². The summed E-state index contributed by atoms with van der Waals surface area (Å²) in [5, 5.41) is 2.99. The van der Waals surface area contributed by atoms with Gasteiger partial charge in [0.05, 0.1) is 0 Å². The Hall–Kier alpha value is -0.261. The predicted molar refractivity (Wildman–Crippen MR) is 78.8 cm³/mol. The third kappa shape index (κ3) is 1.88. The van der Waals surface area contributed by atoms with E-state index in [0.29, 0.717) is 34.4 Å². The van der Waals surface area contributed by atoms with E-state index in [4.69, 9.17) is 0 Å². The Kier molecular flexibility index (Phi) is 2.69. The maximum absolute atomic E-state index is 2.48. The van der Waals surface area contributed by atoms with E-state index in [1.165, 1.54) is 10.8 Å². The van der Waals surface area contributed by atoms with Gasteiger partial charge in [0.2, 0.25) is 0 Å². The molecule has 0 fully saturated rings. The van der Waals surface area contributed by atoms with E-state index in [-0.39, 0.29) is 0 Å². The molecule has 1 aromatic carbocycles. The molecule has 0 atom stereocenters. The van der Waals surface area contributed by atoms with Gasteiger partial charge in [-0.15, -0.1) is 0 Å². The minimum absolute atomic E-state index is 0.328. The van der Waals surface area contributed by atoms with E-state index in [1.807, 2.05) is 0 Å². The first kappa shape index (κ1) is 11.8. The van der Waals surface area contributed by atoms with Crippen LogP contribution in [0.5, 0.6) is 0 Å². The van der Waals surface area contributed by atoms with Crippen LogP contribution in [-0.2, 0) is 5.41 Å². The fraction of sp³-hybridized carbons (Fsp3) is 0.333. The second kappa shape index (κ2) is 3.87. The fourth-order valence-corrected chi connectivity index (χ4v) is 7.17. The number of aryl methyl sites for hydroxylation is 1. The zero-order chi connectivity index (χ0) is 12.2. The van der Waals surface area contributed by atoms with Gasteiger partial charge in [0.1, 0.15) is 0 Å². The molecule has 0 amide bonds. The summed E-state index contributed by atoms with van der Waals surface area (Å²) < 4.78 is 4.88. The molecule has 0 saturated carbocycles. The molecule has 0 aliphatic heterocycles. The molecule has 0 aliphatic rings. The molecular formula is C15H16Se2. The molecule has 2 heteroatoms. The van der Waals surface area contributed by atoms with E-state index in [2.05, 4.69) is 50.8 Å². The van der Waals surface area contributed by atoms with Crippen molar-refractivity contribution in [3.63, 3.8) is 0 Å². The van der Waals surface area contributed by atoms with Crippen LogP contribution in [0.1, 0.15) is 30.8 Å². The molecule has 2 heterocycles. The maximum atomic E-state index is 2.48. The van der Waals surface area contributed by atoms with Crippen LogP contribution in [0, 0.1) is 6.92 Å². The van der Waals surface area contributed by atoms with Crippen molar-refractivity contribution in [2.75, 3.05) is 0 Å². The first-order valence-corrected chi connectivity index (χ1v) is 9.43.